The number of nitrogens with zero attached hydrogens (tertiary/aromatic N) is 1. The van der Waals surface area contributed by atoms with Crippen molar-refractivity contribution in [1.82, 2.24) is 9.62 Å². The Labute approximate surface area is 165 Å². The number of carbonyl (C=O) groups is 1. The van der Waals surface area contributed by atoms with Crippen LogP contribution in [0.1, 0.15) is 38.5 Å². The Hall–Kier alpha value is -1.35. The van der Waals surface area contributed by atoms with Gasteiger partial charge in [0.15, 0.2) is 0 Å². The third-order valence-corrected chi connectivity index (χ3v) is 6.86. The zero-order valence-electron chi connectivity index (χ0n) is 15.5. The van der Waals surface area contributed by atoms with Crippen LogP contribution in [0.4, 0.5) is 0 Å². The number of nitrogens with one attached hydrogen (secondary N) is 1. The van der Waals surface area contributed by atoms with Crippen molar-refractivity contribution in [3.8, 4) is 5.75 Å². The number of carbonyl (C=O) groups excluding carboxylic acids is 1. The van der Waals surface area contributed by atoms with Crippen LogP contribution in [0.2, 0.25) is 5.02 Å². The van der Waals surface area contributed by atoms with Crippen molar-refractivity contribution in [3.63, 3.8) is 0 Å². The summed E-state index contributed by atoms with van der Waals surface area (Å²) < 4.78 is 32.9. The molecule has 0 heterocycles. The topological polar surface area (TPSA) is 95.9 Å². The number of sulfonamides is 1. The fraction of sp³-hybridized carbons (Fsp3) is 0.611. The molecular weight excluding hydrogens is 392 g/mol. The molecule has 1 saturated carbocycles. The molecule has 2 rings (SSSR count). The second kappa shape index (κ2) is 10.3. The normalized spacial score (nSPS) is 15.7. The van der Waals surface area contributed by atoms with Gasteiger partial charge in [0.25, 0.3) is 0 Å². The molecule has 1 amide bonds. The van der Waals surface area contributed by atoms with Gasteiger partial charge >= 0.3 is 0 Å². The minimum Gasteiger partial charge on any atom is -0.495 e. The average molecular weight is 419 g/mol. The number of ether oxygens (including phenoxy) is 1. The third-order valence-electron chi connectivity index (χ3n) is 4.67. The number of hydrogen-bond acceptors (Lipinski definition) is 5. The molecule has 1 fully saturated rings. The molecule has 1 aromatic rings. The Kier molecular flexibility index (Phi) is 8.34. The van der Waals surface area contributed by atoms with Crippen molar-refractivity contribution in [2.45, 2.75) is 49.5 Å². The van der Waals surface area contributed by atoms with Gasteiger partial charge in [0, 0.05) is 19.2 Å². The number of hydrogen-bond donors (Lipinski definition) is 2. The summed E-state index contributed by atoms with van der Waals surface area (Å²) >= 11 is 6.11. The van der Waals surface area contributed by atoms with Crippen LogP contribution in [-0.4, -0.2) is 56.6 Å². The molecule has 0 aromatic heterocycles. The number of rotatable bonds is 9. The number of aliphatic hydroxyl groups excluding tert-OH is 1. The van der Waals surface area contributed by atoms with Crippen molar-refractivity contribution in [3.05, 3.63) is 23.2 Å². The largest absolute Gasteiger partial charge is 0.495 e. The molecule has 152 valence electrons. The van der Waals surface area contributed by atoms with Crippen molar-refractivity contribution >= 4 is 27.5 Å². The first-order valence-corrected chi connectivity index (χ1v) is 10.9. The maximum Gasteiger partial charge on any atom is 0.243 e. The van der Waals surface area contributed by atoms with Crippen LogP contribution in [0.15, 0.2) is 23.1 Å². The third kappa shape index (κ3) is 5.81. The Morgan fingerprint density at radius 2 is 2.04 bits per heavy atom. The van der Waals surface area contributed by atoms with Crippen molar-refractivity contribution < 1.29 is 23.1 Å². The van der Waals surface area contributed by atoms with E-state index in [4.69, 9.17) is 21.4 Å². The second-order valence-corrected chi connectivity index (χ2v) is 8.86. The van der Waals surface area contributed by atoms with E-state index in [0.29, 0.717) is 18.7 Å². The molecule has 0 atom stereocenters. The Balaban J connectivity index is 2.27. The Morgan fingerprint density at radius 3 is 2.63 bits per heavy atom. The first-order chi connectivity index (χ1) is 12.9. The van der Waals surface area contributed by atoms with E-state index < -0.39 is 10.0 Å². The summed E-state index contributed by atoms with van der Waals surface area (Å²) in [7, 11) is -2.43. The highest BCUT2D eigenvalue weighted by molar-refractivity contribution is 7.89. The lowest BCUT2D eigenvalue weighted by atomic mass is 9.95. The van der Waals surface area contributed by atoms with E-state index in [1.807, 2.05) is 0 Å². The smallest absolute Gasteiger partial charge is 0.243 e. The fourth-order valence-corrected chi connectivity index (χ4v) is 5.22. The molecule has 7 nitrogen and oxygen atoms in total. The number of benzene rings is 1. The first kappa shape index (κ1) is 21.9. The first-order valence-electron chi connectivity index (χ1n) is 9.13. The minimum absolute atomic E-state index is 0.0325. The van der Waals surface area contributed by atoms with E-state index in [-0.39, 0.29) is 35.0 Å². The van der Waals surface area contributed by atoms with Gasteiger partial charge in [-0.2, -0.15) is 4.31 Å². The Morgan fingerprint density at radius 1 is 1.33 bits per heavy atom. The van der Waals surface area contributed by atoms with Gasteiger partial charge in [0.05, 0.1) is 23.6 Å². The van der Waals surface area contributed by atoms with Crippen LogP contribution in [0, 0.1) is 0 Å². The zero-order chi connectivity index (χ0) is 19.9. The van der Waals surface area contributed by atoms with Crippen LogP contribution in [-0.2, 0) is 14.8 Å². The van der Waals surface area contributed by atoms with Gasteiger partial charge in [0.1, 0.15) is 5.75 Å². The number of halogens is 1. The molecule has 9 heteroatoms. The second-order valence-electron chi connectivity index (χ2n) is 6.57. The lowest BCUT2D eigenvalue weighted by Crippen LogP contribution is -2.47. The lowest BCUT2D eigenvalue weighted by Gasteiger charge is -2.33. The number of methoxy groups -OCH3 is 1. The van der Waals surface area contributed by atoms with Crippen LogP contribution < -0.4 is 10.1 Å². The maximum atomic E-state index is 13.3. The monoisotopic (exact) mass is 418 g/mol. The highest BCUT2D eigenvalue weighted by atomic mass is 35.5. The van der Waals surface area contributed by atoms with Crippen LogP contribution in [0.25, 0.3) is 0 Å². The van der Waals surface area contributed by atoms with Crippen LogP contribution in [0.5, 0.6) is 5.75 Å². The Bertz CT molecular complexity index is 735. The highest BCUT2D eigenvalue weighted by Crippen LogP contribution is 2.31. The van der Waals surface area contributed by atoms with Gasteiger partial charge in [0.2, 0.25) is 15.9 Å². The maximum absolute atomic E-state index is 13.3. The molecule has 0 spiro atoms. The quantitative estimate of drug-likeness (QED) is 0.599. The van der Waals surface area contributed by atoms with Gasteiger partial charge in [-0.1, -0.05) is 30.9 Å². The average Bonchev–Trinajstić information content (AvgIpc) is 2.66. The van der Waals surface area contributed by atoms with Crippen LogP contribution >= 0.6 is 11.6 Å². The molecule has 1 aliphatic carbocycles. The molecule has 1 aromatic carbocycles. The van der Waals surface area contributed by atoms with Gasteiger partial charge in [-0.15, -0.1) is 0 Å². The SMILES string of the molecule is COc1ccc(S(=O)(=O)N(CC(=O)NCCCO)C2CCCCC2)cc1Cl. The van der Waals surface area contributed by atoms with E-state index in [1.165, 1.54) is 29.6 Å². The summed E-state index contributed by atoms with van der Waals surface area (Å²) in [6, 6.07) is 4.10. The predicted octanol–water partition coefficient (Wildman–Crippen LogP) is 2.17. The van der Waals surface area contributed by atoms with Crippen LogP contribution in [0.3, 0.4) is 0 Å². The van der Waals surface area contributed by atoms with E-state index in [9.17, 15) is 13.2 Å². The zero-order valence-corrected chi connectivity index (χ0v) is 17.1. The highest BCUT2D eigenvalue weighted by Gasteiger charge is 2.34. The standard InChI is InChI=1S/C18H27ClN2O5S/c1-26-17-9-8-15(12-16(17)19)27(24,25)21(14-6-3-2-4-7-14)13-18(23)20-10-5-11-22/h8-9,12,14,22H,2-7,10-11,13H2,1H3,(H,20,23). The van der Waals surface area contributed by atoms with E-state index in [2.05, 4.69) is 5.32 Å². The molecular formula is C18H27ClN2O5S. The van der Waals surface area contributed by atoms with E-state index >= 15 is 0 Å². The molecule has 2 N–H and O–H groups in total. The lowest BCUT2D eigenvalue weighted by molar-refractivity contribution is -0.121. The molecule has 0 radical (unpaired) electrons. The van der Waals surface area contributed by atoms with Gasteiger partial charge in [-0.25, -0.2) is 8.42 Å². The molecule has 1 aliphatic rings. The molecule has 0 aliphatic heterocycles. The van der Waals surface area contributed by atoms with Gasteiger partial charge in [-0.3, -0.25) is 4.79 Å². The summed E-state index contributed by atoms with van der Waals surface area (Å²) in [6.45, 7) is 0.0274. The van der Waals surface area contributed by atoms with Crippen molar-refractivity contribution in [2.24, 2.45) is 0 Å². The molecule has 0 unspecified atom stereocenters. The fourth-order valence-electron chi connectivity index (χ4n) is 3.23. The summed E-state index contributed by atoms with van der Waals surface area (Å²) in [5.74, 6) is 0.0128. The number of aliphatic hydroxyl groups is 1. The predicted molar refractivity (Wildman–Crippen MR) is 103 cm³/mol. The minimum atomic E-state index is -3.89. The summed E-state index contributed by atoms with van der Waals surface area (Å²) in [5, 5.41) is 11.7. The molecule has 0 saturated heterocycles. The van der Waals surface area contributed by atoms with Gasteiger partial charge in [-0.05, 0) is 37.5 Å². The van der Waals surface area contributed by atoms with Gasteiger partial charge < -0.3 is 15.2 Å². The number of amides is 1. The van der Waals surface area contributed by atoms with E-state index in [1.54, 1.807) is 0 Å². The summed E-state index contributed by atoms with van der Waals surface area (Å²) in [5.41, 5.74) is 0. The van der Waals surface area contributed by atoms with Crippen molar-refractivity contribution in [1.29, 1.82) is 0 Å². The summed E-state index contributed by atoms with van der Waals surface area (Å²) in [6.07, 6.45) is 4.83. The molecule has 0 bridgehead atoms. The van der Waals surface area contributed by atoms with Crippen molar-refractivity contribution in [2.75, 3.05) is 26.8 Å². The van der Waals surface area contributed by atoms with E-state index in [0.717, 1.165) is 32.1 Å². The summed E-state index contributed by atoms with van der Waals surface area (Å²) in [4.78, 5) is 12.3. The molecule has 27 heavy (non-hydrogen) atoms.